The molecule has 0 radical (unpaired) electrons. The molecule has 1 aliphatic rings. The second-order valence-electron chi connectivity index (χ2n) is 6.76. The van der Waals surface area contributed by atoms with Crippen LogP contribution in [0.4, 0.5) is 5.69 Å². The van der Waals surface area contributed by atoms with Crippen molar-refractivity contribution in [2.24, 2.45) is 0 Å². The van der Waals surface area contributed by atoms with Crippen molar-refractivity contribution in [3.63, 3.8) is 0 Å². The first-order valence-corrected chi connectivity index (χ1v) is 9.25. The SMILES string of the molecule is CC[C@H](CC(=O)N1CCC(Nc2cccnc2)CC1)c1ccccc1. The van der Waals surface area contributed by atoms with Crippen LogP contribution in [0.3, 0.4) is 0 Å². The zero-order valence-electron chi connectivity index (χ0n) is 14.9. The standard InChI is InChI=1S/C21H27N3O/c1-2-17(18-7-4-3-5-8-18)15-21(25)24-13-10-19(11-14-24)23-20-9-6-12-22-16-20/h3-9,12,16-17,19,23H,2,10-11,13-15H2,1H3/t17-/m1/s1. The fraction of sp³-hybridized carbons (Fsp3) is 0.429. The van der Waals surface area contributed by atoms with Crippen LogP contribution in [0.2, 0.25) is 0 Å². The minimum atomic E-state index is 0.288. The molecule has 2 aromatic rings. The number of hydrogen-bond donors (Lipinski definition) is 1. The number of anilines is 1. The summed E-state index contributed by atoms with van der Waals surface area (Å²) in [7, 11) is 0. The Morgan fingerprint density at radius 1 is 1.20 bits per heavy atom. The quantitative estimate of drug-likeness (QED) is 0.864. The minimum Gasteiger partial charge on any atom is -0.381 e. The molecule has 1 N–H and O–H groups in total. The maximum atomic E-state index is 12.7. The van der Waals surface area contributed by atoms with E-state index in [4.69, 9.17) is 0 Å². The van der Waals surface area contributed by atoms with E-state index in [0.717, 1.165) is 38.0 Å². The molecule has 3 rings (SSSR count). The monoisotopic (exact) mass is 337 g/mol. The van der Waals surface area contributed by atoms with Crippen molar-refractivity contribution in [3.8, 4) is 0 Å². The van der Waals surface area contributed by atoms with E-state index in [-0.39, 0.29) is 5.91 Å². The van der Waals surface area contributed by atoms with Crippen LogP contribution >= 0.6 is 0 Å². The van der Waals surface area contributed by atoms with Crippen molar-refractivity contribution in [1.29, 1.82) is 0 Å². The first-order chi connectivity index (χ1) is 12.3. The molecule has 0 spiro atoms. The summed E-state index contributed by atoms with van der Waals surface area (Å²) in [5.74, 6) is 0.607. The molecule has 132 valence electrons. The van der Waals surface area contributed by atoms with Gasteiger partial charge in [0, 0.05) is 37.9 Å². The Morgan fingerprint density at radius 3 is 2.60 bits per heavy atom. The van der Waals surface area contributed by atoms with Gasteiger partial charge in [-0.1, -0.05) is 37.3 Å². The van der Waals surface area contributed by atoms with Gasteiger partial charge < -0.3 is 10.2 Å². The maximum Gasteiger partial charge on any atom is 0.223 e. The van der Waals surface area contributed by atoms with E-state index in [2.05, 4.69) is 41.5 Å². The van der Waals surface area contributed by atoms with Crippen molar-refractivity contribution in [1.82, 2.24) is 9.88 Å². The molecular weight excluding hydrogens is 310 g/mol. The number of nitrogens with zero attached hydrogens (tertiary/aromatic N) is 2. The largest absolute Gasteiger partial charge is 0.381 e. The first kappa shape index (κ1) is 17.5. The number of piperidine rings is 1. The summed E-state index contributed by atoms with van der Waals surface area (Å²) in [6.07, 6.45) is 7.22. The lowest BCUT2D eigenvalue weighted by Gasteiger charge is -2.33. The summed E-state index contributed by atoms with van der Waals surface area (Å²) in [5, 5.41) is 3.52. The van der Waals surface area contributed by atoms with Crippen molar-refractivity contribution < 1.29 is 4.79 Å². The van der Waals surface area contributed by atoms with E-state index in [1.807, 2.05) is 29.3 Å². The second-order valence-corrected chi connectivity index (χ2v) is 6.76. The van der Waals surface area contributed by atoms with E-state index in [1.54, 1.807) is 6.20 Å². The maximum absolute atomic E-state index is 12.7. The van der Waals surface area contributed by atoms with Gasteiger partial charge in [0.05, 0.1) is 5.69 Å². The van der Waals surface area contributed by atoms with E-state index in [9.17, 15) is 4.79 Å². The smallest absolute Gasteiger partial charge is 0.223 e. The van der Waals surface area contributed by atoms with Crippen molar-refractivity contribution in [3.05, 3.63) is 60.4 Å². The zero-order valence-corrected chi connectivity index (χ0v) is 14.9. The zero-order chi connectivity index (χ0) is 17.5. The van der Waals surface area contributed by atoms with E-state index < -0.39 is 0 Å². The van der Waals surface area contributed by atoms with Gasteiger partial charge >= 0.3 is 0 Å². The van der Waals surface area contributed by atoms with Gasteiger partial charge in [-0.3, -0.25) is 9.78 Å². The fourth-order valence-electron chi connectivity index (χ4n) is 3.52. The van der Waals surface area contributed by atoms with Crippen LogP contribution in [0, 0.1) is 0 Å². The van der Waals surface area contributed by atoms with Gasteiger partial charge in [-0.2, -0.15) is 0 Å². The number of nitrogens with one attached hydrogen (secondary N) is 1. The highest BCUT2D eigenvalue weighted by Gasteiger charge is 2.24. The first-order valence-electron chi connectivity index (χ1n) is 9.25. The Labute approximate surface area is 150 Å². The molecule has 1 aromatic heterocycles. The van der Waals surface area contributed by atoms with Gasteiger partial charge in [0.15, 0.2) is 0 Å². The van der Waals surface area contributed by atoms with Crippen LogP contribution < -0.4 is 5.32 Å². The molecule has 0 unspecified atom stereocenters. The lowest BCUT2D eigenvalue weighted by Crippen LogP contribution is -2.42. The molecule has 1 fully saturated rings. The predicted octanol–water partition coefficient (Wildman–Crippen LogP) is 4.07. The molecular formula is C21H27N3O. The summed E-state index contributed by atoms with van der Waals surface area (Å²) in [6, 6.07) is 14.8. The molecule has 1 atom stereocenters. The summed E-state index contributed by atoms with van der Waals surface area (Å²) >= 11 is 0. The molecule has 2 heterocycles. The summed E-state index contributed by atoms with van der Waals surface area (Å²) in [6.45, 7) is 3.83. The third kappa shape index (κ3) is 4.81. The molecule has 1 aliphatic heterocycles. The van der Waals surface area contributed by atoms with Gasteiger partial charge in [-0.25, -0.2) is 0 Å². The average molecular weight is 337 g/mol. The van der Waals surface area contributed by atoms with Gasteiger partial charge in [-0.15, -0.1) is 0 Å². The number of carbonyl (C=O) groups excluding carboxylic acids is 1. The molecule has 0 saturated carbocycles. The Balaban J connectivity index is 1.49. The molecule has 0 aliphatic carbocycles. The lowest BCUT2D eigenvalue weighted by molar-refractivity contribution is -0.132. The average Bonchev–Trinajstić information content (AvgIpc) is 2.68. The number of pyridine rings is 1. The Morgan fingerprint density at radius 2 is 1.96 bits per heavy atom. The third-order valence-corrected chi connectivity index (χ3v) is 5.06. The van der Waals surface area contributed by atoms with Crippen LogP contribution in [-0.2, 0) is 4.79 Å². The Kier molecular flexibility index (Phi) is 6.04. The number of hydrogen-bond acceptors (Lipinski definition) is 3. The minimum absolute atomic E-state index is 0.288. The van der Waals surface area contributed by atoms with Crippen LogP contribution in [0.25, 0.3) is 0 Å². The van der Waals surface area contributed by atoms with Crippen molar-refractivity contribution in [2.45, 2.75) is 44.6 Å². The fourth-order valence-corrected chi connectivity index (χ4v) is 3.52. The van der Waals surface area contributed by atoms with Gasteiger partial charge in [-0.05, 0) is 42.9 Å². The predicted molar refractivity (Wildman–Crippen MR) is 102 cm³/mol. The molecule has 25 heavy (non-hydrogen) atoms. The molecule has 4 heteroatoms. The van der Waals surface area contributed by atoms with E-state index >= 15 is 0 Å². The van der Waals surface area contributed by atoms with Crippen LogP contribution in [0.15, 0.2) is 54.9 Å². The molecule has 4 nitrogen and oxygen atoms in total. The summed E-state index contributed by atoms with van der Waals surface area (Å²) < 4.78 is 0. The topological polar surface area (TPSA) is 45.2 Å². The van der Waals surface area contributed by atoms with Crippen molar-refractivity contribution >= 4 is 11.6 Å². The van der Waals surface area contributed by atoms with Crippen LogP contribution in [-0.4, -0.2) is 34.9 Å². The lowest BCUT2D eigenvalue weighted by atomic mass is 9.92. The van der Waals surface area contributed by atoms with E-state index in [1.165, 1.54) is 5.56 Å². The Bertz CT molecular complexity index is 651. The van der Waals surface area contributed by atoms with Crippen molar-refractivity contribution in [2.75, 3.05) is 18.4 Å². The normalized spacial score (nSPS) is 16.4. The number of carbonyl (C=O) groups is 1. The van der Waals surface area contributed by atoms with Gasteiger partial charge in [0.2, 0.25) is 5.91 Å². The summed E-state index contributed by atoms with van der Waals surface area (Å²) in [5.41, 5.74) is 2.33. The highest BCUT2D eigenvalue weighted by molar-refractivity contribution is 5.77. The van der Waals surface area contributed by atoms with Gasteiger partial charge in [0.25, 0.3) is 0 Å². The number of amides is 1. The number of likely N-dealkylation sites (tertiary alicyclic amines) is 1. The number of aromatic nitrogens is 1. The number of benzene rings is 1. The van der Waals surface area contributed by atoms with Crippen LogP contribution in [0.5, 0.6) is 0 Å². The Hall–Kier alpha value is -2.36. The highest BCUT2D eigenvalue weighted by atomic mass is 16.2. The van der Waals surface area contributed by atoms with E-state index in [0.29, 0.717) is 18.4 Å². The third-order valence-electron chi connectivity index (χ3n) is 5.06. The molecule has 1 amide bonds. The summed E-state index contributed by atoms with van der Waals surface area (Å²) in [4.78, 5) is 18.9. The molecule has 1 aromatic carbocycles. The van der Waals surface area contributed by atoms with Crippen LogP contribution in [0.1, 0.15) is 44.1 Å². The number of rotatable bonds is 6. The molecule has 1 saturated heterocycles. The van der Waals surface area contributed by atoms with Gasteiger partial charge in [0.1, 0.15) is 0 Å². The highest BCUT2D eigenvalue weighted by Crippen LogP contribution is 2.25. The molecule has 0 bridgehead atoms. The second kappa shape index (κ2) is 8.65.